The predicted molar refractivity (Wildman–Crippen MR) is 74.4 cm³/mol. The summed E-state index contributed by atoms with van der Waals surface area (Å²) in [5.74, 6) is 2.13. The molecule has 1 aromatic rings. The molecule has 1 aliphatic carbocycles. The Labute approximate surface area is 113 Å². The fraction of sp³-hybridized carbons (Fsp3) is 0.750. The molecule has 0 aliphatic heterocycles. The highest BCUT2D eigenvalue weighted by molar-refractivity contribution is 6.28. The van der Waals surface area contributed by atoms with Gasteiger partial charge in [0.2, 0.25) is 17.2 Å². The van der Waals surface area contributed by atoms with Crippen LogP contribution in [0.3, 0.4) is 0 Å². The maximum Gasteiger partial charge on any atom is 0.231 e. The van der Waals surface area contributed by atoms with Crippen molar-refractivity contribution in [2.24, 2.45) is 5.92 Å². The maximum absolute atomic E-state index is 5.99. The van der Waals surface area contributed by atoms with Gasteiger partial charge < -0.3 is 9.80 Å². The number of halogens is 1. The zero-order chi connectivity index (χ0) is 13.1. The molecule has 1 heterocycles. The molecule has 0 amide bonds. The molecule has 0 radical (unpaired) electrons. The monoisotopic (exact) mass is 269 g/mol. The van der Waals surface area contributed by atoms with Crippen LogP contribution >= 0.6 is 11.6 Å². The van der Waals surface area contributed by atoms with Gasteiger partial charge in [0.1, 0.15) is 0 Å². The van der Waals surface area contributed by atoms with E-state index in [1.807, 2.05) is 7.05 Å². The van der Waals surface area contributed by atoms with Crippen molar-refractivity contribution in [1.29, 1.82) is 0 Å². The Bertz CT molecular complexity index is 403. The van der Waals surface area contributed by atoms with E-state index in [0.717, 1.165) is 25.6 Å². The second kappa shape index (κ2) is 5.69. The molecule has 6 heteroatoms. The van der Waals surface area contributed by atoms with Crippen LogP contribution in [0.1, 0.15) is 26.7 Å². The van der Waals surface area contributed by atoms with E-state index in [4.69, 9.17) is 11.6 Å². The molecule has 2 rings (SSSR count). The van der Waals surface area contributed by atoms with Crippen molar-refractivity contribution < 1.29 is 0 Å². The van der Waals surface area contributed by atoms with Gasteiger partial charge in [-0.2, -0.15) is 15.0 Å². The van der Waals surface area contributed by atoms with Gasteiger partial charge in [0.05, 0.1) is 0 Å². The third-order valence-electron chi connectivity index (χ3n) is 3.20. The highest BCUT2D eigenvalue weighted by Crippen LogP contribution is 2.30. The molecule has 1 aromatic heterocycles. The Morgan fingerprint density at radius 3 is 2.28 bits per heavy atom. The van der Waals surface area contributed by atoms with Crippen LogP contribution in [0.15, 0.2) is 0 Å². The molecule has 1 aliphatic rings. The van der Waals surface area contributed by atoms with Crippen LogP contribution in [0.2, 0.25) is 5.28 Å². The van der Waals surface area contributed by atoms with E-state index in [0.29, 0.717) is 11.9 Å². The molecule has 0 unspecified atom stereocenters. The summed E-state index contributed by atoms with van der Waals surface area (Å²) in [6.45, 7) is 6.88. The Kier molecular flexibility index (Phi) is 4.22. The average molecular weight is 270 g/mol. The Balaban J connectivity index is 2.18. The van der Waals surface area contributed by atoms with Crippen LogP contribution < -0.4 is 9.80 Å². The lowest BCUT2D eigenvalue weighted by Crippen LogP contribution is -2.27. The average Bonchev–Trinajstić information content (AvgIpc) is 3.14. The molecule has 0 bridgehead atoms. The Morgan fingerprint density at radius 2 is 1.72 bits per heavy atom. The SMILES string of the molecule is CCN(CC)c1nc(Cl)nc(N(C)CC2CC2)n1. The third-order valence-corrected chi connectivity index (χ3v) is 3.37. The van der Waals surface area contributed by atoms with Gasteiger partial charge in [-0.05, 0) is 44.2 Å². The number of hydrogen-bond donors (Lipinski definition) is 0. The topological polar surface area (TPSA) is 45.2 Å². The van der Waals surface area contributed by atoms with Crippen LogP contribution in [0.25, 0.3) is 0 Å². The van der Waals surface area contributed by atoms with Gasteiger partial charge in [-0.15, -0.1) is 0 Å². The van der Waals surface area contributed by atoms with Gasteiger partial charge in [-0.1, -0.05) is 0 Å². The normalized spacial score (nSPS) is 14.7. The molecule has 100 valence electrons. The fourth-order valence-electron chi connectivity index (χ4n) is 1.92. The summed E-state index contributed by atoms with van der Waals surface area (Å²) in [6.07, 6.45) is 2.62. The maximum atomic E-state index is 5.99. The van der Waals surface area contributed by atoms with E-state index < -0.39 is 0 Å². The first kappa shape index (κ1) is 13.3. The van der Waals surface area contributed by atoms with Gasteiger partial charge >= 0.3 is 0 Å². The molecule has 1 fully saturated rings. The summed E-state index contributed by atoms with van der Waals surface area (Å²) in [5, 5.41) is 0.268. The minimum atomic E-state index is 0.268. The molecule has 0 N–H and O–H groups in total. The summed E-state index contributed by atoms with van der Waals surface area (Å²) in [4.78, 5) is 17.0. The zero-order valence-electron chi connectivity index (χ0n) is 11.2. The second-order valence-corrected chi connectivity index (χ2v) is 5.04. The number of nitrogens with zero attached hydrogens (tertiary/aromatic N) is 5. The fourth-order valence-corrected chi connectivity index (χ4v) is 2.07. The summed E-state index contributed by atoms with van der Waals surface area (Å²) < 4.78 is 0. The first-order valence-corrected chi connectivity index (χ1v) is 6.89. The van der Waals surface area contributed by atoms with Crippen LogP contribution in [0.5, 0.6) is 0 Å². The summed E-state index contributed by atoms with van der Waals surface area (Å²) in [6, 6.07) is 0. The van der Waals surface area contributed by atoms with Crippen molar-refractivity contribution in [1.82, 2.24) is 15.0 Å². The molecule has 0 aromatic carbocycles. The Hall–Kier alpha value is -1.10. The summed E-state index contributed by atoms with van der Waals surface area (Å²) in [5.41, 5.74) is 0. The van der Waals surface area contributed by atoms with Crippen molar-refractivity contribution in [3.63, 3.8) is 0 Å². The zero-order valence-corrected chi connectivity index (χ0v) is 12.0. The molecule has 1 saturated carbocycles. The summed E-state index contributed by atoms with van der Waals surface area (Å²) in [7, 11) is 2.01. The van der Waals surface area contributed by atoms with Crippen LogP contribution in [-0.2, 0) is 0 Å². The van der Waals surface area contributed by atoms with Crippen LogP contribution in [-0.4, -0.2) is 41.6 Å². The molecule has 0 saturated heterocycles. The van der Waals surface area contributed by atoms with E-state index in [9.17, 15) is 0 Å². The van der Waals surface area contributed by atoms with Crippen molar-refractivity contribution in [2.45, 2.75) is 26.7 Å². The van der Waals surface area contributed by atoms with Crippen LogP contribution in [0, 0.1) is 5.92 Å². The molecule has 0 spiro atoms. The highest BCUT2D eigenvalue weighted by atomic mass is 35.5. The molecule has 18 heavy (non-hydrogen) atoms. The van der Waals surface area contributed by atoms with Gasteiger partial charge in [-0.3, -0.25) is 0 Å². The largest absolute Gasteiger partial charge is 0.343 e. The van der Waals surface area contributed by atoms with Crippen molar-refractivity contribution >= 4 is 23.5 Å². The van der Waals surface area contributed by atoms with E-state index >= 15 is 0 Å². The van der Waals surface area contributed by atoms with Gasteiger partial charge in [0.15, 0.2) is 0 Å². The molecular formula is C12H20ClN5. The lowest BCUT2D eigenvalue weighted by molar-refractivity contribution is 0.748. The molecule has 0 atom stereocenters. The van der Waals surface area contributed by atoms with E-state index in [1.54, 1.807) is 0 Å². The second-order valence-electron chi connectivity index (χ2n) is 4.70. The lowest BCUT2D eigenvalue weighted by Gasteiger charge is -2.21. The first-order valence-electron chi connectivity index (χ1n) is 6.51. The van der Waals surface area contributed by atoms with E-state index in [-0.39, 0.29) is 5.28 Å². The van der Waals surface area contributed by atoms with Crippen molar-refractivity contribution in [2.75, 3.05) is 36.5 Å². The highest BCUT2D eigenvalue weighted by Gasteiger charge is 2.24. The lowest BCUT2D eigenvalue weighted by atomic mass is 10.4. The third kappa shape index (κ3) is 3.22. The number of hydrogen-bond acceptors (Lipinski definition) is 5. The smallest absolute Gasteiger partial charge is 0.231 e. The number of aromatic nitrogens is 3. The van der Waals surface area contributed by atoms with Crippen molar-refractivity contribution in [3.8, 4) is 0 Å². The number of rotatable bonds is 6. The van der Waals surface area contributed by atoms with Crippen molar-refractivity contribution in [3.05, 3.63) is 5.28 Å². The van der Waals surface area contributed by atoms with Gasteiger partial charge in [0.25, 0.3) is 0 Å². The Morgan fingerprint density at radius 1 is 1.11 bits per heavy atom. The summed E-state index contributed by atoms with van der Waals surface area (Å²) >= 11 is 5.99. The molecular weight excluding hydrogens is 250 g/mol. The number of anilines is 2. The van der Waals surface area contributed by atoms with Gasteiger partial charge in [-0.25, -0.2) is 0 Å². The minimum Gasteiger partial charge on any atom is -0.343 e. The van der Waals surface area contributed by atoms with E-state index in [2.05, 4.69) is 38.6 Å². The molecule has 5 nitrogen and oxygen atoms in total. The van der Waals surface area contributed by atoms with Gasteiger partial charge in [0, 0.05) is 26.7 Å². The standard InChI is InChI=1S/C12H20ClN5/c1-4-18(5-2)12-15-10(13)14-11(16-12)17(3)8-9-6-7-9/h9H,4-8H2,1-3H3. The van der Waals surface area contributed by atoms with Crippen LogP contribution in [0.4, 0.5) is 11.9 Å². The first-order chi connectivity index (χ1) is 8.63. The quantitative estimate of drug-likeness (QED) is 0.792. The minimum absolute atomic E-state index is 0.268. The predicted octanol–water partition coefficient (Wildman–Crippen LogP) is 2.22. The van der Waals surface area contributed by atoms with E-state index in [1.165, 1.54) is 12.8 Å².